The monoisotopic (exact) mass is 441 g/mol. The number of amides is 1. The van der Waals surface area contributed by atoms with Gasteiger partial charge in [0.25, 0.3) is 5.69 Å². The average Bonchev–Trinajstić information content (AvgIpc) is 2.54. The maximum absolute atomic E-state index is 12.3. The van der Waals surface area contributed by atoms with Crippen LogP contribution >= 0.6 is 15.9 Å². The summed E-state index contributed by atoms with van der Waals surface area (Å²) in [4.78, 5) is 22.8. The minimum Gasteiger partial charge on any atom is -0.325 e. The van der Waals surface area contributed by atoms with Crippen molar-refractivity contribution in [3.8, 4) is 0 Å². The van der Waals surface area contributed by atoms with E-state index in [1.54, 1.807) is 24.3 Å². The van der Waals surface area contributed by atoms with E-state index < -0.39 is 27.4 Å². The summed E-state index contributed by atoms with van der Waals surface area (Å²) in [6.45, 7) is 0.940. The molecule has 0 saturated carbocycles. The number of nitrogens with one attached hydrogen (secondary N) is 1. The quantitative estimate of drug-likeness (QED) is 0.546. The van der Waals surface area contributed by atoms with Crippen molar-refractivity contribution in [3.63, 3.8) is 0 Å². The first kappa shape index (κ1) is 19.9. The number of rotatable bonds is 6. The molecule has 1 N–H and O–H groups in total. The summed E-state index contributed by atoms with van der Waals surface area (Å²) in [5.74, 6) is -0.566. The lowest BCUT2D eigenvalue weighted by Crippen LogP contribution is -2.37. The molecule has 0 bridgehead atoms. The number of hydrogen-bond acceptors (Lipinski definition) is 5. The number of anilines is 2. The van der Waals surface area contributed by atoms with Crippen LogP contribution in [0.5, 0.6) is 0 Å². The third kappa shape index (κ3) is 4.79. The van der Waals surface area contributed by atoms with Crippen LogP contribution in [0.1, 0.15) is 5.56 Å². The molecule has 2 rings (SSSR count). The van der Waals surface area contributed by atoms with Crippen molar-refractivity contribution >= 4 is 48.9 Å². The third-order valence-corrected chi connectivity index (χ3v) is 5.21. The first-order valence-electron chi connectivity index (χ1n) is 7.36. The van der Waals surface area contributed by atoms with Gasteiger partial charge in [-0.3, -0.25) is 19.2 Å². The Hall–Kier alpha value is -2.46. The second-order valence-corrected chi connectivity index (χ2v) is 8.33. The first-order valence-corrected chi connectivity index (χ1v) is 10.0. The number of nitro benzene ring substituents is 1. The summed E-state index contributed by atoms with van der Waals surface area (Å²) in [5.41, 5.74) is 0.541. The minimum absolute atomic E-state index is 0.0904. The van der Waals surface area contributed by atoms with Gasteiger partial charge in [-0.1, -0.05) is 22.0 Å². The molecule has 8 nitrogen and oxygen atoms in total. The van der Waals surface area contributed by atoms with Crippen LogP contribution < -0.4 is 9.62 Å². The SMILES string of the molecule is Cc1c(N(CC(=O)Nc2ccc(Br)cc2)S(C)(=O)=O)cccc1[N+](=O)[O-]. The summed E-state index contributed by atoms with van der Waals surface area (Å²) < 4.78 is 26.0. The van der Waals surface area contributed by atoms with Crippen LogP contribution in [0.4, 0.5) is 17.1 Å². The largest absolute Gasteiger partial charge is 0.325 e. The predicted molar refractivity (Wildman–Crippen MR) is 103 cm³/mol. The number of nitro groups is 1. The molecular formula is C16H16BrN3O5S. The lowest BCUT2D eigenvalue weighted by molar-refractivity contribution is -0.385. The van der Waals surface area contributed by atoms with Gasteiger partial charge < -0.3 is 5.32 Å². The Morgan fingerprint density at radius 3 is 2.38 bits per heavy atom. The Bertz CT molecular complexity index is 945. The molecule has 10 heteroatoms. The lowest BCUT2D eigenvalue weighted by atomic mass is 10.1. The van der Waals surface area contributed by atoms with Gasteiger partial charge in [-0.25, -0.2) is 8.42 Å². The van der Waals surface area contributed by atoms with Gasteiger partial charge >= 0.3 is 0 Å². The van der Waals surface area contributed by atoms with E-state index >= 15 is 0 Å². The van der Waals surface area contributed by atoms with Crippen molar-refractivity contribution in [3.05, 3.63) is 62.6 Å². The number of hydrogen-bond donors (Lipinski definition) is 1. The zero-order valence-corrected chi connectivity index (χ0v) is 16.4. The van der Waals surface area contributed by atoms with Gasteiger partial charge in [0.1, 0.15) is 6.54 Å². The molecule has 0 aromatic heterocycles. The molecule has 0 spiro atoms. The second-order valence-electron chi connectivity index (χ2n) is 5.50. The fraction of sp³-hybridized carbons (Fsp3) is 0.188. The summed E-state index contributed by atoms with van der Waals surface area (Å²) in [6, 6.07) is 10.9. The van der Waals surface area contributed by atoms with Gasteiger partial charge in [0.15, 0.2) is 0 Å². The smallest absolute Gasteiger partial charge is 0.274 e. The molecule has 138 valence electrons. The molecule has 0 aliphatic heterocycles. The summed E-state index contributed by atoms with van der Waals surface area (Å²) in [7, 11) is -3.83. The molecule has 1 amide bonds. The number of carbonyl (C=O) groups is 1. The van der Waals surface area contributed by atoms with E-state index in [0.717, 1.165) is 15.0 Å². The summed E-state index contributed by atoms with van der Waals surface area (Å²) >= 11 is 3.28. The van der Waals surface area contributed by atoms with Crippen LogP contribution in [0.25, 0.3) is 0 Å². The number of sulfonamides is 1. The molecule has 0 unspecified atom stereocenters. The molecule has 2 aromatic carbocycles. The van der Waals surface area contributed by atoms with Gasteiger partial charge in [0.05, 0.1) is 22.4 Å². The van der Waals surface area contributed by atoms with Crippen LogP contribution in [0.15, 0.2) is 46.9 Å². The molecule has 0 aliphatic rings. The molecule has 2 aromatic rings. The fourth-order valence-corrected chi connectivity index (χ4v) is 3.50. The Morgan fingerprint density at radius 2 is 1.85 bits per heavy atom. The van der Waals surface area contributed by atoms with E-state index in [-0.39, 0.29) is 16.9 Å². The van der Waals surface area contributed by atoms with Crippen molar-refractivity contribution < 1.29 is 18.1 Å². The summed E-state index contributed by atoms with van der Waals surface area (Å²) in [6.07, 6.45) is 0.943. The van der Waals surface area contributed by atoms with E-state index in [1.165, 1.54) is 25.1 Å². The average molecular weight is 442 g/mol. The van der Waals surface area contributed by atoms with Crippen molar-refractivity contribution in [1.29, 1.82) is 0 Å². The fourth-order valence-electron chi connectivity index (χ4n) is 2.32. The van der Waals surface area contributed by atoms with Crippen LogP contribution in [0, 0.1) is 17.0 Å². The zero-order chi connectivity index (χ0) is 19.5. The highest BCUT2D eigenvalue weighted by atomic mass is 79.9. The van der Waals surface area contributed by atoms with E-state index in [2.05, 4.69) is 21.2 Å². The van der Waals surface area contributed by atoms with Crippen molar-refractivity contribution in [2.75, 3.05) is 22.4 Å². The highest BCUT2D eigenvalue weighted by Gasteiger charge is 2.25. The van der Waals surface area contributed by atoms with Crippen molar-refractivity contribution in [2.24, 2.45) is 0 Å². The van der Waals surface area contributed by atoms with Gasteiger partial charge in [-0.2, -0.15) is 0 Å². The first-order chi connectivity index (χ1) is 12.1. The Balaban J connectivity index is 2.32. The molecule has 0 saturated heterocycles. The molecule has 0 aliphatic carbocycles. The van der Waals surface area contributed by atoms with Crippen molar-refractivity contribution in [1.82, 2.24) is 0 Å². The van der Waals surface area contributed by atoms with Crippen LogP contribution in [0.2, 0.25) is 0 Å². The Kier molecular flexibility index (Phi) is 5.98. The topological polar surface area (TPSA) is 110 Å². The molecule has 0 heterocycles. The van der Waals surface area contributed by atoms with Gasteiger partial charge in [-0.15, -0.1) is 0 Å². The highest BCUT2D eigenvalue weighted by molar-refractivity contribution is 9.10. The van der Waals surface area contributed by atoms with E-state index in [1.807, 2.05) is 0 Å². The predicted octanol–water partition coefficient (Wildman–Crippen LogP) is 3.07. The highest BCUT2D eigenvalue weighted by Crippen LogP contribution is 2.29. The summed E-state index contributed by atoms with van der Waals surface area (Å²) in [5, 5.41) is 13.7. The molecular weight excluding hydrogens is 426 g/mol. The minimum atomic E-state index is -3.83. The van der Waals surface area contributed by atoms with Crippen LogP contribution in [-0.4, -0.2) is 32.0 Å². The number of halogens is 1. The van der Waals surface area contributed by atoms with Crippen LogP contribution in [0.3, 0.4) is 0 Å². The number of benzene rings is 2. The standard InChI is InChI=1S/C16H16BrN3O5S/c1-11-14(4-3-5-15(11)20(22)23)19(26(2,24)25)10-16(21)18-13-8-6-12(17)7-9-13/h3-9H,10H2,1-2H3,(H,18,21). The van der Waals surface area contributed by atoms with Crippen LogP contribution in [-0.2, 0) is 14.8 Å². The van der Waals surface area contributed by atoms with Crippen molar-refractivity contribution in [2.45, 2.75) is 6.92 Å². The third-order valence-electron chi connectivity index (χ3n) is 3.56. The van der Waals surface area contributed by atoms with Gasteiger partial charge in [-0.05, 0) is 37.3 Å². The Labute approximate surface area is 159 Å². The maximum atomic E-state index is 12.3. The number of carbonyl (C=O) groups excluding carboxylic acids is 1. The second kappa shape index (κ2) is 7.83. The number of nitrogens with zero attached hydrogens (tertiary/aromatic N) is 2. The molecule has 0 atom stereocenters. The molecule has 0 fully saturated rings. The lowest BCUT2D eigenvalue weighted by Gasteiger charge is -2.23. The van der Waals surface area contributed by atoms with E-state index in [0.29, 0.717) is 5.69 Å². The maximum Gasteiger partial charge on any atom is 0.274 e. The van der Waals surface area contributed by atoms with E-state index in [4.69, 9.17) is 0 Å². The van der Waals surface area contributed by atoms with E-state index in [9.17, 15) is 23.3 Å². The molecule has 0 radical (unpaired) electrons. The van der Waals surface area contributed by atoms with Gasteiger partial charge in [0, 0.05) is 16.2 Å². The molecule has 26 heavy (non-hydrogen) atoms. The normalized spacial score (nSPS) is 11.0. The van der Waals surface area contributed by atoms with Gasteiger partial charge in [0.2, 0.25) is 15.9 Å². The zero-order valence-electron chi connectivity index (χ0n) is 14.0. The Morgan fingerprint density at radius 1 is 1.23 bits per heavy atom.